The molecule has 0 bridgehead atoms. The number of hydrogen-bond acceptors (Lipinski definition) is 2. The van der Waals surface area contributed by atoms with Gasteiger partial charge in [0, 0.05) is 19.7 Å². The molecule has 0 aliphatic heterocycles. The third-order valence-electron chi connectivity index (χ3n) is 3.65. The van der Waals surface area contributed by atoms with Gasteiger partial charge in [0.05, 0.1) is 0 Å². The van der Waals surface area contributed by atoms with Crippen LogP contribution >= 0.6 is 0 Å². The number of benzene rings is 2. The molecule has 2 aromatic carbocycles. The van der Waals surface area contributed by atoms with Crippen LogP contribution < -0.4 is 5.32 Å². The van der Waals surface area contributed by atoms with Gasteiger partial charge in [-0.3, -0.25) is 9.59 Å². The summed E-state index contributed by atoms with van der Waals surface area (Å²) in [6.45, 7) is 2.44. The van der Waals surface area contributed by atoms with E-state index in [4.69, 9.17) is 0 Å². The zero-order valence-electron chi connectivity index (χ0n) is 14.5. The molecule has 0 saturated heterocycles. The Morgan fingerprint density at radius 1 is 0.960 bits per heavy atom. The number of carbonyl (C=O) groups excluding carboxylic acids is 2. The zero-order valence-corrected chi connectivity index (χ0v) is 14.5. The minimum absolute atomic E-state index is 0.229. The maximum atomic E-state index is 12.5. The molecule has 0 radical (unpaired) electrons. The van der Waals surface area contributed by atoms with Crippen LogP contribution in [0.1, 0.15) is 18.1 Å². The number of amides is 2. The van der Waals surface area contributed by atoms with Gasteiger partial charge in [-0.25, -0.2) is 0 Å². The number of likely N-dealkylation sites (N-methyl/N-ethyl adjacent to an activating group) is 1. The largest absolute Gasteiger partial charge is 0.341 e. The summed E-state index contributed by atoms with van der Waals surface area (Å²) in [5.74, 6) is -0.572. The lowest BCUT2D eigenvalue weighted by atomic mass is 10.1. The molecule has 4 nitrogen and oxygen atoms in total. The first-order chi connectivity index (χ1) is 12.1. The van der Waals surface area contributed by atoms with E-state index in [0.29, 0.717) is 6.54 Å². The molecule has 2 rings (SSSR count). The Morgan fingerprint density at radius 3 is 2.08 bits per heavy atom. The summed E-state index contributed by atoms with van der Waals surface area (Å²) in [6, 6.07) is 19.0. The fourth-order valence-corrected chi connectivity index (χ4v) is 2.13. The Morgan fingerprint density at radius 2 is 1.52 bits per heavy atom. The van der Waals surface area contributed by atoms with Gasteiger partial charge in [-0.15, -0.1) is 0 Å². The molecule has 0 aliphatic rings. The van der Waals surface area contributed by atoms with E-state index in [-0.39, 0.29) is 17.5 Å². The normalized spacial score (nSPS) is 11.4. The van der Waals surface area contributed by atoms with E-state index in [1.165, 1.54) is 6.08 Å². The Balaban J connectivity index is 2.18. The van der Waals surface area contributed by atoms with Crippen molar-refractivity contribution in [3.05, 3.63) is 83.6 Å². The molecule has 0 heterocycles. The minimum atomic E-state index is -0.344. The second kappa shape index (κ2) is 9.23. The van der Waals surface area contributed by atoms with E-state index in [1.54, 1.807) is 24.1 Å². The Labute approximate surface area is 148 Å². The lowest BCUT2D eigenvalue weighted by molar-refractivity contribution is -0.127. The first kappa shape index (κ1) is 18.2. The predicted molar refractivity (Wildman–Crippen MR) is 101 cm³/mol. The number of nitrogens with one attached hydrogen (secondary N) is 1. The molecule has 0 atom stereocenters. The van der Waals surface area contributed by atoms with Crippen LogP contribution in [0.3, 0.4) is 0 Å². The molecule has 4 heteroatoms. The zero-order chi connectivity index (χ0) is 18.1. The second-order valence-electron chi connectivity index (χ2n) is 5.52. The Bertz CT molecular complexity index is 765. The van der Waals surface area contributed by atoms with Gasteiger partial charge in [-0.2, -0.15) is 0 Å². The summed E-state index contributed by atoms with van der Waals surface area (Å²) in [5.41, 5.74) is 2.02. The average Bonchev–Trinajstić information content (AvgIpc) is 2.66. The number of hydrogen-bond donors (Lipinski definition) is 1. The van der Waals surface area contributed by atoms with E-state index in [1.807, 2.05) is 67.6 Å². The van der Waals surface area contributed by atoms with Crippen molar-refractivity contribution in [3.8, 4) is 0 Å². The van der Waals surface area contributed by atoms with Crippen LogP contribution in [0.2, 0.25) is 0 Å². The number of rotatable bonds is 6. The molecular weight excluding hydrogens is 312 g/mol. The van der Waals surface area contributed by atoms with E-state index in [9.17, 15) is 9.59 Å². The lowest BCUT2D eigenvalue weighted by Crippen LogP contribution is -2.35. The van der Waals surface area contributed by atoms with Crippen molar-refractivity contribution in [3.63, 3.8) is 0 Å². The topological polar surface area (TPSA) is 49.4 Å². The fourth-order valence-electron chi connectivity index (χ4n) is 2.13. The van der Waals surface area contributed by atoms with Crippen molar-refractivity contribution in [1.29, 1.82) is 0 Å². The molecule has 0 fully saturated rings. The highest BCUT2D eigenvalue weighted by atomic mass is 16.2. The molecule has 0 aromatic heterocycles. The van der Waals surface area contributed by atoms with Gasteiger partial charge in [-0.05, 0) is 30.2 Å². The quantitative estimate of drug-likeness (QED) is 0.824. The minimum Gasteiger partial charge on any atom is -0.341 e. The van der Waals surface area contributed by atoms with Crippen molar-refractivity contribution in [1.82, 2.24) is 10.2 Å². The van der Waals surface area contributed by atoms with E-state index in [0.717, 1.165) is 11.1 Å². The molecule has 1 N–H and O–H groups in total. The summed E-state index contributed by atoms with van der Waals surface area (Å²) < 4.78 is 0. The van der Waals surface area contributed by atoms with Gasteiger partial charge in [0.2, 0.25) is 5.91 Å². The van der Waals surface area contributed by atoms with Crippen LogP contribution in [-0.2, 0) is 9.59 Å². The van der Waals surface area contributed by atoms with Crippen molar-refractivity contribution in [2.75, 3.05) is 13.6 Å². The van der Waals surface area contributed by atoms with Gasteiger partial charge < -0.3 is 10.2 Å². The molecule has 128 valence electrons. The van der Waals surface area contributed by atoms with Crippen LogP contribution in [0.15, 0.2) is 72.4 Å². The van der Waals surface area contributed by atoms with Gasteiger partial charge in [-0.1, -0.05) is 60.7 Å². The molecule has 0 unspecified atom stereocenters. The highest BCUT2D eigenvalue weighted by Crippen LogP contribution is 2.08. The fraction of sp³-hybridized carbons (Fsp3) is 0.143. The summed E-state index contributed by atoms with van der Waals surface area (Å²) in [6.07, 6.45) is 4.82. The van der Waals surface area contributed by atoms with Gasteiger partial charge in [0.25, 0.3) is 5.91 Å². The molecule has 0 spiro atoms. The summed E-state index contributed by atoms with van der Waals surface area (Å²) in [5, 5.41) is 2.69. The van der Waals surface area contributed by atoms with Gasteiger partial charge >= 0.3 is 0 Å². The van der Waals surface area contributed by atoms with Crippen LogP contribution in [-0.4, -0.2) is 30.3 Å². The maximum Gasteiger partial charge on any atom is 0.270 e. The monoisotopic (exact) mass is 334 g/mol. The van der Waals surface area contributed by atoms with Crippen LogP contribution in [0.25, 0.3) is 12.2 Å². The smallest absolute Gasteiger partial charge is 0.270 e. The first-order valence-corrected chi connectivity index (χ1v) is 8.16. The van der Waals surface area contributed by atoms with Crippen molar-refractivity contribution in [2.24, 2.45) is 0 Å². The second-order valence-corrected chi connectivity index (χ2v) is 5.52. The number of carbonyl (C=O) groups is 2. The van der Waals surface area contributed by atoms with Crippen molar-refractivity contribution < 1.29 is 9.59 Å². The third-order valence-corrected chi connectivity index (χ3v) is 3.65. The standard InChI is InChI=1S/C21H22N2O2/c1-3-23(2)21(25)19(16-18-12-8-5-9-13-18)22-20(24)15-14-17-10-6-4-7-11-17/h4-16H,3H2,1-2H3,(H,22,24)/b15-14-,19-16-. The van der Waals surface area contributed by atoms with Crippen LogP contribution in [0, 0.1) is 0 Å². The Hall–Kier alpha value is -3.14. The summed E-state index contributed by atoms with van der Waals surface area (Å²) in [7, 11) is 1.70. The van der Waals surface area contributed by atoms with E-state index < -0.39 is 0 Å². The highest BCUT2D eigenvalue weighted by molar-refractivity contribution is 6.04. The van der Waals surface area contributed by atoms with E-state index in [2.05, 4.69) is 5.32 Å². The Kier molecular flexibility index (Phi) is 6.72. The summed E-state index contributed by atoms with van der Waals surface area (Å²) >= 11 is 0. The SMILES string of the molecule is CCN(C)C(=O)/C(=C/c1ccccc1)NC(=O)/C=C\c1ccccc1. The average molecular weight is 334 g/mol. The van der Waals surface area contributed by atoms with Crippen LogP contribution in [0.4, 0.5) is 0 Å². The van der Waals surface area contributed by atoms with E-state index >= 15 is 0 Å². The van der Waals surface area contributed by atoms with Crippen molar-refractivity contribution in [2.45, 2.75) is 6.92 Å². The molecule has 2 amide bonds. The number of nitrogens with zero attached hydrogens (tertiary/aromatic N) is 1. The molecule has 0 aliphatic carbocycles. The summed E-state index contributed by atoms with van der Waals surface area (Å²) in [4.78, 5) is 26.3. The first-order valence-electron chi connectivity index (χ1n) is 8.16. The van der Waals surface area contributed by atoms with Gasteiger partial charge in [0.1, 0.15) is 5.70 Å². The van der Waals surface area contributed by atoms with Gasteiger partial charge in [0.15, 0.2) is 0 Å². The highest BCUT2D eigenvalue weighted by Gasteiger charge is 2.15. The van der Waals surface area contributed by atoms with Crippen molar-refractivity contribution >= 4 is 24.0 Å². The molecule has 2 aromatic rings. The lowest BCUT2D eigenvalue weighted by Gasteiger charge is -2.17. The predicted octanol–water partition coefficient (Wildman–Crippen LogP) is 3.34. The molecular formula is C21H22N2O2. The third kappa shape index (κ3) is 5.77. The molecule has 25 heavy (non-hydrogen) atoms. The molecule has 0 saturated carbocycles. The van der Waals surface area contributed by atoms with Crippen LogP contribution in [0.5, 0.6) is 0 Å². The maximum absolute atomic E-state index is 12.5.